The lowest BCUT2D eigenvalue weighted by molar-refractivity contribution is -0.129. The van der Waals surface area contributed by atoms with Crippen LogP contribution in [0.3, 0.4) is 0 Å². The molecule has 0 bridgehead atoms. The molecule has 3 aromatic rings. The van der Waals surface area contributed by atoms with Crippen LogP contribution in [-0.4, -0.2) is 33.2 Å². The molecule has 0 spiro atoms. The van der Waals surface area contributed by atoms with Crippen molar-refractivity contribution in [1.82, 2.24) is 15.0 Å². The van der Waals surface area contributed by atoms with Crippen LogP contribution in [0.5, 0.6) is 0 Å². The van der Waals surface area contributed by atoms with Crippen LogP contribution in [0.25, 0.3) is 11.4 Å². The topological polar surface area (TPSA) is 59.2 Å². The number of thioether (sulfide) groups is 1. The average molecular weight is 382 g/mol. The first-order valence-electron chi connectivity index (χ1n) is 8.80. The Bertz CT molecular complexity index is 921. The normalized spacial score (nSPS) is 12.0. The third-order valence-corrected chi connectivity index (χ3v) is 5.27. The van der Waals surface area contributed by atoms with E-state index in [1.807, 2.05) is 57.2 Å². The molecule has 0 fully saturated rings. The van der Waals surface area contributed by atoms with Gasteiger partial charge in [0.1, 0.15) is 0 Å². The van der Waals surface area contributed by atoms with Crippen LogP contribution in [0.2, 0.25) is 0 Å². The molecule has 0 saturated heterocycles. The van der Waals surface area contributed by atoms with E-state index in [1.165, 1.54) is 5.56 Å². The molecule has 0 N–H and O–H groups in total. The highest BCUT2D eigenvalue weighted by Crippen LogP contribution is 2.25. The minimum absolute atomic E-state index is 0.0240. The fourth-order valence-corrected chi connectivity index (χ4v) is 3.67. The molecule has 0 aliphatic carbocycles. The Morgan fingerprint density at radius 1 is 1.15 bits per heavy atom. The van der Waals surface area contributed by atoms with Crippen LogP contribution in [0.1, 0.15) is 23.9 Å². The van der Waals surface area contributed by atoms with Crippen molar-refractivity contribution < 1.29 is 9.32 Å². The average Bonchev–Trinajstić information content (AvgIpc) is 3.11. The molecule has 1 amide bonds. The maximum absolute atomic E-state index is 12.7. The summed E-state index contributed by atoms with van der Waals surface area (Å²) < 4.78 is 5.33. The summed E-state index contributed by atoms with van der Waals surface area (Å²) in [5.74, 6) is 0.988. The lowest BCUT2D eigenvalue weighted by Crippen LogP contribution is -2.32. The van der Waals surface area contributed by atoms with Gasteiger partial charge in [-0.1, -0.05) is 46.6 Å². The second-order valence-electron chi connectivity index (χ2n) is 6.65. The van der Waals surface area contributed by atoms with Gasteiger partial charge >= 0.3 is 0 Å². The molecular weight excluding hydrogens is 358 g/mol. The Labute approximate surface area is 163 Å². The van der Waals surface area contributed by atoms with E-state index in [0.29, 0.717) is 11.7 Å². The lowest BCUT2D eigenvalue weighted by atomic mass is 10.1. The Morgan fingerprint density at radius 2 is 1.89 bits per heavy atom. The molecule has 2 aromatic carbocycles. The Balaban J connectivity index is 1.61. The van der Waals surface area contributed by atoms with E-state index in [9.17, 15) is 4.79 Å². The number of carbonyl (C=O) groups is 1. The quantitative estimate of drug-likeness (QED) is 0.589. The zero-order valence-corrected chi connectivity index (χ0v) is 16.8. The highest BCUT2D eigenvalue weighted by molar-refractivity contribution is 8.00. The molecule has 0 aliphatic rings. The van der Waals surface area contributed by atoms with E-state index < -0.39 is 0 Å². The van der Waals surface area contributed by atoms with Crippen molar-refractivity contribution in [1.29, 1.82) is 0 Å². The molecule has 140 valence electrons. The van der Waals surface area contributed by atoms with E-state index in [2.05, 4.69) is 22.3 Å². The number of hydrogen-bond donors (Lipinski definition) is 0. The molecule has 0 saturated carbocycles. The number of carbonyl (C=O) groups excluding carboxylic acids is 1. The Kier molecular flexibility index (Phi) is 5.96. The first-order valence-corrected chi connectivity index (χ1v) is 9.68. The Morgan fingerprint density at radius 3 is 2.59 bits per heavy atom. The minimum Gasteiger partial charge on any atom is -0.337 e. The number of aryl methyl sites for hydroxylation is 2. The first-order chi connectivity index (χ1) is 12.9. The Hall–Kier alpha value is -2.60. The highest BCUT2D eigenvalue weighted by Gasteiger charge is 2.21. The number of benzene rings is 2. The molecule has 5 nitrogen and oxygen atoms in total. The van der Waals surface area contributed by atoms with Crippen molar-refractivity contribution in [3.05, 3.63) is 65.5 Å². The summed E-state index contributed by atoms with van der Waals surface area (Å²) >= 11 is 1.55. The summed E-state index contributed by atoms with van der Waals surface area (Å²) in [6, 6.07) is 16.1. The number of rotatable bonds is 6. The second-order valence-corrected chi connectivity index (χ2v) is 8.06. The molecular formula is C21H23N3O2S. The van der Waals surface area contributed by atoms with E-state index in [0.717, 1.165) is 16.0 Å². The van der Waals surface area contributed by atoms with Crippen LogP contribution in [0, 0.1) is 13.8 Å². The number of aromatic nitrogens is 2. The second kappa shape index (κ2) is 8.39. The van der Waals surface area contributed by atoms with E-state index in [1.54, 1.807) is 23.7 Å². The van der Waals surface area contributed by atoms with E-state index in [4.69, 9.17) is 4.52 Å². The van der Waals surface area contributed by atoms with Crippen LogP contribution in [0.4, 0.5) is 0 Å². The van der Waals surface area contributed by atoms with Gasteiger partial charge in [-0.3, -0.25) is 4.79 Å². The molecule has 27 heavy (non-hydrogen) atoms. The maximum Gasteiger partial charge on any atom is 0.246 e. The molecule has 1 atom stereocenters. The van der Waals surface area contributed by atoms with Crippen LogP contribution >= 0.6 is 11.8 Å². The van der Waals surface area contributed by atoms with Gasteiger partial charge in [0.15, 0.2) is 0 Å². The summed E-state index contributed by atoms with van der Waals surface area (Å²) in [7, 11) is 1.76. The molecule has 6 heteroatoms. The van der Waals surface area contributed by atoms with Gasteiger partial charge in [0.25, 0.3) is 0 Å². The van der Waals surface area contributed by atoms with E-state index in [-0.39, 0.29) is 17.7 Å². The van der Waals surface area contributed by atoms with Gasteiger partial charge in [-0.05, 0) is 39.0 Å². The monoisotopic (exact) mass is 381 g/mol. The van der Waals surface area contributed by atoms with Gasteiger partial charge in [-0.15, -0.1) is 11.8 Å². The van der Waals surface area contributed by atoms with Crippen molar-refractivity contribution in [2.24, 2.45) is 0 Å². The zero-order valence-electron chi connectivity index (χ0n) is 16.0. The minimum atomic E-state index is -0.197. The first kappa shape index (κ1) is 19.2. The summed E-state index contributed by atoms with van der Waals surface area (Å²) in [6.45, 7) is 6.27. The molecule has 0 unspecified atom stereocenters. The van der Waals surface area contributed by atoms with Crippen molar-refractivity contribution in [3.8, 4) is 11.4 Å². The molecule has 0 aliphatic heterocycles. The van der Waals surface area contributed by atoms with Gasteiger partial charge in [0, 0.05) is 17.5 Å². The summed E-state index contributed by atoms with van der Waals surface area (Å²) in [5.41, 5.74) is 3.24. The molecule has 1 aromatic heterocycles. The largest absolute Gasteiger partial charge is 0.337 e. The number of nitrogens with zero attached hydrogens (tertiary/aromatic N) is 3. The number of hydrogen-bond acceptors (Lipinski definition) is 5. The molecule has 3 rings (SSSR count). The zero-order chi connectivity index (χ0) is 19.4. The molecule has 1 heterocycles. The van der Waals surface area contributed by atoms with Gasteiger partial charge < -0.3 is 9.42 Å². The van der Waals surface area contributed by atoms with Gasteiger partial charge in [-0.25, -0.2) is 0 Å². The fraction of sp³-hybridized carbons (Fsp3) is 0.286. The fourth-order valence-electron chi connectivity index (χ4n) is 2.68. The third-order valence-electron chi connectivity index (χ3n) is 4.17. The van der Waals surface area contributed by atoms with Crippen LogP contribution in [-0.2, 0) is 11.3 Å². The SMILES string of the molecule is Cc1ccc(S[C@@H](C)C(=O)N(C)Cc2nc(-c3cccc(C)c3)no2)cc1. The summed E-state index contributed by atoms with van der Waals surface area (Å²) in [5, 5.41) is 3.83. The van der Waals surface area contributed by atoms with E-state index >= 15 is 0 Å². The lowest BCUT2D eigenvalue weighted by Gasteiger charge is -2.19. The summed E-state index contributed by atoms with van der Waals surface area (Å²) in [4.78, 5) is 19.8. The van der Waals surface area contributed by atoms with Gasteiger partial charge in [0.05, 0.1) is 11.8 Å². The van der Waals surface area contributed by atoms with Crippen molar-refractivity contribution in [3.63, 3.8) is 0 Å². The maximum atomic E-state index is 12.7. The van der Waals surface area contributed by atoms with Crippen molar-refractivity contribution >= 4 is 17.7 Å². The molecule has 0 radical (unpaired) electrons. The third kappa shape index (κ3) is 4.98. The number of amides is 1. The van der Waals surface area contributed by atoms with Crippen molar-refractivity contribution in [2.45, 2.75) is 37.5 Å². The van der Waals surface area contributed by atoms with Crippen molar-refractivity contribution in [2.75, 3.05) is 7.05 Å². The van der Waals surface area contributed by atoms with Crippen LogP contribution < -0.4 is 0 Å². The van der Waals surface area contributed by atoms with Gasteiger partial charge in [-0.2, -0.15) is 4.98 Å². The predicted molar refractivity (Wildman–Crippen MR) is 107 cm³/mol. The predicted octanol–water partition coefficient (Wildman–Crippen LogP) is 4.49. The van der Waals surface area contributed by atoms with Gasteiger partial charge in [0.2, 0.25) is 17.6 Å². The highest BCUT2D eigenvalue weighted by atomic mass is 32.2. The summed E-state index contributed by atoms with van der Waals surface area (Å²) in [6.07, 6.45) is 0. The van der Waals surface area contributed by atoms with Crippen LogP contribution in [0.15, 0.2) is 57.9 Å². The standard InChI is InChI=1S/C21H23N3O2S/c1-14-8-10-18(11-9-14)27-16(3)21(25)24(4)13-19-22-20(23-26-19)17-7-5-6-15(2)12-17/h5-12,16H,13H2,1-4H3/t16-/m0/s1. The smallest absolute Gasteiger partial charge is 0.246 e.